The van der Waals surface area contributed by atoms with Crippen molar-refractivity contribution >= 4 is 23.8 Å². The lowest BCUT2D eigenvalue weighted by molar-refractivity contribution is -0.225. The minimum atomic E-state index is -1.04. The molecule has 154 valence electrons. The van der Waals surface area contributed by atoms with Crippen LogP contribution >= 0.6 is 0 Å². The molecule has 27 heavy (non-hydrogen) atoms. The predicted octanol–water partition coefficient (Wildman–Crippen LogP) is 0.731. The summed E-state index contributed by atoms with van der Waals surface area (Å²) in [5.74, 6) is -1.85. The average Bonchev–Trinajstić information content (AvgIpc) is 2.49. The summed E-state index contributed by atoms with van der Waals surface area (Å²) in [6, 6.07) is -0.716. The Morgan fingerprint density at radius 3 is 1.89 bits per heavy atom. The van der Waals surface area contributed by atoms with Crippen molar-refractivity contribution in [2.75, 3.05) is 6.61 Å². The second-order valence-electron chi connectivity index (χ2n) is 7.02. The molecule has 1 aliphatic heterocycles. The Morgan fingerprint density at radius 2 is 1.44 bits per heavy atom. The minimum Gasteiger partial charge on any atom is -0.463 e. The highest BCUT2D eigenvalue weighted by Gasteiger charge is 2.50. The molecular formula is C18H29NO8. The van der Waals surface area contributed by atoms with Gasteiger partial charge in [-0.1, -0.05) is 13.8 Å². The molecule has 0 saturated carbocycles. The summed E-state index contributed by atoms with van der Waals surface area (Å²) in [5, 5.41) is 2.74. The van der Waals surface area contributed by atoms with Gasteiger partial charge in [0.25, 0.3) is 0 Å². The second kappa shape index (κ2) is 10.2. The van der Waals surface area contributed by atoms with Crippen molar-refractivity contribution in [3.05, 3.63) is 0 Å². The molecule has 0 aliphatic carbocycles. The third-order valence-corrected chi connectivity index (χ3v) is 3.92. The van der Waals surface area contributed by atoms with Crippen molar-refractivity contribution in [1.82, 2.24) is 5.32 Å². The van der Waals surface area contributed by atoms with Gasteiger partial charge >= 0.3 is 17.9 Å². The lowest BCUT2D eigenvalue weighted by Crippen LogP contribution is -2.66. The first-order chi connectivity index (χ1) is 12.5. The summed E-state index contributed by atoms with van der Waals surface area (Å²) in [5.41, 5.74) is 0. The summed E-state index contributed by atoms with van der Waals surface area (Å²) in [4.78, 5) is 46.2. The van der Waals surface area contributed by atoms with Crippen molar-refractivity contribution in [3.63, 3.8) is 0 Å². The van der Waals surface area contributed by atoms with E-state index < -0.39 is 48.4 Å². The van der Waals surface area contributed by atoms with E-state index in [9.17, 15) is 19.2 Å². The van der Waals surface area contributed by atoms with Crippen molar-refractivity contribution in [2.45, 2.75) is 78.4 Å². The van der Waals surface area contributed by atoms with E-state index >= 15 is 0 Å². The van der Waals surface area contributed by atoms with E-state index in [2.05, 4.69) is 5.32 Å². The van der Waals surface area contributed by atoms with Gasteiger partial charge in [-0.3, -0.25) is 19.2 Å². The van der Waals surface area contributed by atoms with Crippen LogP contribution in [-0.4, -0.2) is 60.9 Å². The Labute approximate surface area is 159 Å². The molecule has 0 bridgehead atoms. The molecule has 1 amide bonds. The quantitative estimate of drug-likeness (QED) is 0.502. The third kappa shape index (κ3) is 7.54. The number of ether oxygens (including phenoxy) is 4. The van der Waals surface area contributed by atoms with Gasteiger partial charge < -0.3 is 24.3 Å². The van der Waals surface area contributed by atoms with Crippen LogP contribution < -0.4 is 5.32 Å². The van der Waals surface area contributed by atoms with Crippen LogP contribution in [0.4, 0.5) is 0 Å². The lowest BCUT2D eigenvalue weighted by atomic mass is 9.88. The third-order valence-electron chi connectivity index (χ3n) is 3.92. The van der Waals surface area contributed by atoms with E-state index in [4.69, 9.17) is 18.9 Å². The zero-order valence-electron chi connectivity index (χ0n) is 16.6. The number of hydrogen-bond donors (Lipinski definition) is 1. The van der Waals surface area contributed by atoms with Gasteiger partial charge in [-0.2, -0.15) is 0 Å². The number of hydrogen-bond acceptors (Lipinski definition) is 8. The maximum absolute atomic E-state index is 11.7. The molecule has 0 spiro atoms. The van der Waals surface area contributed by atoms with E-state index in [-0.39, 0.29) is 18.4 Å². The van der Waals surface area contributed by atoms with E-state index in [0.29, 0.717) is 6.42 Å². The molecule has 1 aliphatic rings. The summed E-state index contributed by atoms with van der Waals surface area (Å²) >= 11 is 0. The topological polar surface area (TPSA) is 117 Å². The molecule has 2 unspecified atom stereocenters. The van der Waals surface area contributed by atoms with Crippen LogP contribution in [0, 0.1) is 5.92 Å². The van der Waals surface area contributed by atoms with Gasteiger partial charge in [0.15, 0.2) is 12.2 Å². The largest absolute Gasteiger partial charge is 0.463 e. The standard InChI is InChI=1S/C18H29NO8/c1-9(2)7-14-16(19-10(3)20)18(26-13(6)23)17(25-12(5)22)15(27-14)8-24-11(4)21/h9,14-18H,7-8H2,1-6H3,(H,19,20)/t14-,15?,16+,17+,18?/m0/s1. The fraction of sp³-hybridized carbons (Fsp3) is 0.778. The lowest BCUT2D eigenvalue weighted by Gasteiger charge is -2.45. The fourth-order valence-corrected chi connectivity index (χ4v) is 3.09. The first-order valence-corrected chi connectivity index (χ1v) is 8.91. The smallest absolute Gasteiger partial charge is 0.303 e. The number of nitrogens with one attached hydrogen (secondary N) is 1. The second-order valence-corrected chi connectivity index (χ2v) is 7.02. The van der Waals surface area contributed by atoms with Crippen LogP contribution in [-0.2, 0) is 38.1 Å². The van der Waals surface area contributed by atoms with E-state index in [1.807, 2.05) is 13.8 Å². The highest BCUT2D eigenvalue weighted by Crippen LogP contribution is 2.30. The van der Waals surface area contributed by atoms with Crippen LogP contribution in [0.15, 0.2) is 0 Å². The van der Waals surface area contributed by atoms with Gasteiger partial charge in [-0.05, 0) is 12.3 Å². The number of carbonyl (C=O) groups is 4. The average molecular weight is 387 g/mol. The van der Waals surface area contributed by atoms with Crippen LogP contribution in [0.3, 0.4) is 0 Å². The van der Waals surface area contributed by atoms with Gasteiger partial charge in [0.2, 0.25) is 5.91 Å². The number of amides is 1. The number of carbonyl (C=O) groups excluding carboxylic acids is 4. The highest BCUT2D eigenvalue weighted by molar-refractivity contribution is 5.73. The highest BCUT2D eigenvalue weighted by atomic mass is 16.6. The van der Waals surface area contributed by atoms with Gasteiger partial charge in [0.05, 0.1) is 12.1 Å². The molecule has 1 fully saturated rings. The van der Waals surface area contributed by atoms with Crippen LogP contribution in [0.1, 0.15) is 48.0 Å². The van der Waals surface area contributed by atoms with Crippen LogP contribution in [0.2, 0.25) is 0 Å². The Morgan fingerprint density at radius 1 is 0.889 bits per heavy atom. The van der Waals surface area contributed by atoms with Crippen molar-refractivity contribution in [2.24, 2.45) is 5.92 Å². The maximum atomic E-state index is 11.7. The molecule has 1 saturated heterocycles. The molecule has 9 nitrogen and oxygen atoms in total. The van der Waals surface area contributed by atoms with Crippen LogP contribution in [0.25, 0.3) is 0 Å². The van der Waals surface area contributed by atoms with Gasteiger partial charge in [-0.15, -0.1) is 0 Å². The first-order valence-electron chi connectivity index (χ1n) is 8.91. The Balaban J connectivity index is 3.27. The molecule has 0 aromatic heterocycles. The van der Waals surface area contributed by atoms with Crippen LogP contribution in [0.5, 0.6) is 0 Å². The SMILES string of the molecule is CC(=O)N[C@H]1C(OC(C)=O)[C@H](OC(C)=O)C(COC(C)=O)O[C@H]1CC(C)C. The molecule has 5 atom stereocenters. The van der Waals surface area contributed by atoms with Crippen molar-refractivity contribution in [3.8, 4) is 0 Å². The first kappa shape index (κ1) is 22.9. The monoisotopic (exact) mass is 387 g/mol. The predicted molar refractivity (Wildman–Crippen MR) is 93.5 cm³/mol. The number of esters is 3. The number of rotatable bonds is 7. The summed E-state index contributed by atoms with van der Waals surface area (Å²) in [6.45, 7) is 8.81. The molecule has 0 radical (unpaired) electrons. The molecule has 1 rings (SSSR count). The Hall–Kier alpha value is -2.16. The van der Waals surface area contributed by atoms with E-state index in [1.54, 1.807) is 0 Å². The van der Waals surface area contributed by atoms with Gasteiger partial charge in [0, 0.05) is 27.7 Å². The zero-order valence-corrected chi connectivity index (χ0v) is 16.6. The van der Waals surface area contributed by atoms with Crippen molar-refractivity contribution in [1.29, 1.82) is 0 Å². The van der Waals surface area contributed by atoms with E-state index in [0.717, 1.165) is 0 Å². The molecule has 1 N–H and O–H groups in total. The maximum Gasteiger partial charge on any atom is 0.303 e. The summed E-state index contributed by atoms with van der Waals surface area (Å²) in [7, 11) is 0. The van der Waals surface area contributed by atoms with Gasteiger partial charge in [-0.25, -0.2) is 0 Å². The Bertz CT molecular complexity index is 562. The van der Waals surface area contributed by atoms with Gasteiger partial charge in [0.1, 0.15) is 12.7 Å². The zero-order chi connectivity index (χ0) is 20.7. The normalized spacial score (nSPS) is 27.6. The molecule has 1 heterocycles. The minimum absolute atomic E-state index is 0.174. The Kier molecular flexibility index (Phi) is 8.68. The summed E-state index contributed by atoms with van der Waals surface area (Å²) < 4.78 is 21.8. The van der Waals surface area contributed by atoms with Crippen molar-refractivity contribution < 1.29 is 38.1 Å². The fourth-order valence-electron chi connectivity index (χ4n) is 3.09. The summed E-state index contributed by atoms with van der Waals surface area (Å²) in [6.07, 6.45) is -2.83. The van der Waals surface area contributed by atoms with E-state index in [1.165, 1.54) is 27.7 Å². The molecular weight excluding hydrogens is 358 g/mol. The molecule has 9 heteroatoms. The molecule has 0 aromatic carbocycles. The molecule has 0 aromatic rings.